The summed E-state index contributed by atoms with van der Waals surface area (Å²) < 4.78 is 24.7. The van der Waals surface area contributed by atoms with Gasteiger partial charge in [0.2, 0.25) is 0 Å². The van der Waals surface area contributed by atoms with Crippen molar-refractivity contribution in [2.75, 3.05) is 37.0 Å². The van der Waals surface area contributed by atoms with Gasteiger partial charge in [-0.3, -0.25) is 9.59 Å². The van der Waals surface area contributed by atoms with Crippen LogP contribution in [0.4, 0.5) is 11.6 Å². The van der Waals surface area contributed by atoms with E-state index in [9.17, 15) is 18.0 Å². The molecule has 1 aliphatic carbocycles. The lowest BCUT2D eigenvalue weighted by atomic mass is 9.90. The van der Waals surface area contributed by atoms with Crippen LogP contribution in [0.25, 0.3) is 10.9 Å². The predicted octanol–water partition coefficient (Wildman–Crippen LogP) is 4.39. The zero-order chi connectivity index (χ0) is 27.7. The van der Waals surface area contributed by atoms with E-state index in [0.29, 0.717) is 29.7 Å². The van der Waals surface area contributed by atoms with Gasteiger partial charge < -0.3 is 14.8 Å². The van der Waals surface area contributed by atoms with Gasteiger partial charge >= 0.3 is 0 Å². The molecule has 0 unspecified atom stereocenters. The van der Waals surface area contributed by atoms with E-state index in [1.54, 1.807) is 6.20 Å². The normalized spacial score (nSPS) is 17.6. The number of carbonyl (C=O) groups is 1. The maximum Gasteiger partial charge on any atom is 0.262 e. The molecule has 2 aliphatic rings. The number of fused-ring (bicyclic) bond motifs is 1. The molecule has 208 valence electrons. The van der Waals surface area contributed by atoms with Crippen molar-refractivity contribution in [1.82, 2.24) is 19.4 Å². The number of pyridine rings is 3. The first kappa shape index (κ1) is 27.5. The van der Waals surface area contributed by atoms with Gasteiger partial charge in [-0.05, 0) is 75.7 Å². The maximum absolute atomic E-state index is 13.4. The highest BCUT2D eigenvalue weighted by Crippen LogP contribution is 2.33. The van der Waals surface area contributed by atoms with E-state index in [2.05, 4.69) is 26.3 Å². The zero-order valence-electron chi connectivity index (χ0n) is 22.9. The highest BCUT2D eigenvalue weighted by atomic mass is 32.2. The molecule has 0 atom stereocenters. The Hall–Kier alpha value is -3.11. The van der Waals surface area contributed by atoms with E-state index in [1.807, 2.05) is 29.8 Å². The van der Waals surface area contributed by atoms with Gasteiger partial charge in [0.15, 0.2) is 5.78 Å². The second-order valence-electron chi connectivity index (χ2n) is 11.1. The minimum absolute atomic E-state index is 0.0872. The van der Waals surface area contributed by atoms with Crippen molar-refractivity contribution in [1.29, 1.82) is 0 Å². The van der Waals surface area contributed by atoms with Gasteiger partial charge in [-0.25, -0.2) is 18.4 Å². The Kier molecular flexibility index (Phi) is 7.87. The Labute approximate surface area is 229 Å². The minimum Gasteiger partial charge on any atom is -0.325 e. The molecule has 1 saturated heterocycles. The molecule has 39 heavy (non-hydrogen) atoms. The molecule has 0 aromatic carbocycles. The molecule has 9 nitrogen and oxygen atoms in total. The second-order valence-corrected chi connectivity index (χ2v) is 13.4. The van der Waals surface area contributed by atoms with Crippen LogP contribution in [0.2, 0.25) is 0 Å². The highest BCUT2D eigenvalue weighted by Gasteiger charge is 2.25. The molecule has 0 radical (unpaired) electrons. The number of anilines is 2. The number of hydrogen-bond donors (Lipinski definition) is 1. The number of hydrogen-bond acceptors (Lipinski definition) is 8. The van der Waals surface area contributed by atoms with Crippen molar-refractivity contribution in [3.05, 3.63) is 57.6 Å². The van der Waals surface area contributed by atoms with Crippen LogP contribution in [0.3, 0.4) is 0 Å². The molecule has 4 heterocycles. The number of nitrogens with one attached hydrogen (secondary N) is 1. The SMILES string of the molecule is CC(=O)c1c(C)c2cnc(Nc3ccc(C4CCN(CCS(C)(=O)=O)CC4)cn3)cc2n(C2CCCC2)c1=O. The quantitative estimate of drug-likeness (QED) is 0.410. The fraction of sp³-hybridized carbons (Fsp3) is 0.517. The van der Waals surface area contributed by atoms with Crippen molar-refractivity contribution in [2.24, 2.45) is 0 Å². The first-order valence-electron chi connectivity index (χ1n) is 13.8. The van der Waals surface area contributed by atoms with Gasteiger partial charge in [0, 0.05) is 42.7 Å². The maximum atomic E-state index is 13.4. The Bertz CT molecular complexity index is 1530. The number of rotatable bonds is 8. The number of Topliss-reactive ketones (excluding diaryl/α,β-unsaturated/α-hetero) is 1. The Morgan fingerprint density at radius 1 is 1.05 bits per heavy atom. The summed E-state index contributed by atoms with van der Waals surface area (Å²) in [5.41, 5.74) is 2.71. The van der Waals surface area contributed by atoms with Gasteiger partial charge in [-0.2, -0.15) is 0 Å². The summed E-state index contributed by atoms with van der Waals surface area (Å²) in [6.07, 6.45) is 10.9. The molecular weight excluding hydrogens is 514 g/mol. The van der Waals surface area contributed by atoms with E-state index in [0.717, 1.165) is 62.5 Å². The molecule has 3 aromatic rings. The molecule has 2 fully saturated rings. The van der Waals surface area contributed by atoms with E-state index in [-0.39, 0.29) is 28.7 Å². The Morgan fingerprint density at radius 2 is 1.74 bits per heavy atom. The number of aryl methyl sites for hydroxylation is 1. The summed E-state index contributed by atoms with van der Waals surface area (Å²) in [4.78, 5) is 37.2. The lowest BCUT2D eigenvalue weighted by Crippen LogP contribution is -2.36. The van der Waals surface area contributed by atoms with Gasteiger partial charge in [0.1, 0.15) is 21.5 Å². The number of sulfone groups is 1. The molecule has 1 saturated carbocycles. The van der Waals surface area contributed by atoms with Crippen molar-refractivity contribution >= 4 is 38.2 Å². The van der Waals surface area contributed by atoms with E-state index < -0.39 is 9.84 Å². The largest absolute Gasteiger partial charge is 0.325 e. The van der Waals surface area contributed by atoms with Crippen LogP contribution < -0.4 is 10.9 Å². The zero-order valence-corrected chi connectivity index (χ0v) is 23.8. The smallest absolute Gasteiger partial charge is 0.262 e. The Morgan fingerprint density at radius 3 is 2.36 bits per heavy atom. The molecule has 0 spiro atoms. The molecule has 0 amide bonds. The molecule has 0 bridgehead atoms. The standard InChI is InChI=1S/C29H37N5O4S/c1-19-24-18-31-27(16-25(24)34(23-6-4-5-7-23)29(36)28(19)20(2)35)32-26-9-8-22(17-30-26)21-10-12-33(13-11-21)14-15-39(3,37)38/h8-9,16-18,21,23H,4-7,10-15H2,1-3H3,(H,30,31,32). The van der Waals surface area contributed by atoms with Crippen LogP contribution in [0.1, 0.15) is 78.9 Å². The number of carbonyl (C=O) groups excluding carboxylic acids is 1. The third kappa shape index (κ3) is 6.06. The number of piperidine rings is 1. The molecule has 10 heteroatoms. The third-order valence-corrected chi connectivity index (χ3v) is 9.20. The summed E-state index contributed by atoms with van der Waals surface area (Å²) in [5, 5.41) is 4.11. The number of ketones is 1. The van der Waals surface area contributed by atoms with Crippen LogP contribution in [0.5, 0.6) is 0 Å². The van der Waals surface area contributed by atoms with Gasteiger partial charge in [0.25, 0.3) is 5.56 Å². The molecule has 1 aliphatic heterocycles. The van der Waals surface area contributed by atoms with Crippen molar-refractivity contribution in [3.63, 3.8) is 0 Å². The first-order valence-corrected chi connectivity index (χ1v) is 15.9. The summed E-state index contributed by atoms with van der Waals surface area (Å²) in [6.45, 7) is 5.64. The number of nitrogens with zero attached hydrogens (tertiary/aromatic N) is 4. The average molecular weight is 552 g/mol. The van der Waals surface area contributed by atoms with Crippen LogP contribution >= 0.6 is 0 Å². The molecule has 3 aromatic heterocycles. The minimum atomic E-state index is -2.94. The second kappa shape index (κ2) is 11.2. The van der Waals surface area contributed by atoms with Crippen LogP contribution in [0, 0.1) is 6.92 Å². The average Bonchev–Trinajstić information content (AvgIpc) is 3.42. The van der Waals surface area contributed by atoms with Crippen molar-refractivity contribution in [3.8, 4) is 0 Å². The molecule has 1 N–H and O–H groups in total. The molecular formula is C29H37N5O4S. The number of aromatic nitrogens is 3. The third-order valence-electron chi connectivity index (χ3n) is 8.28. The predicted molar refractivity (Wildman–Crippen MR) is 154 cm³/mol. The fourth-order valence-corrected chi connectivity index (χ4v) is 6.69. The monoisotopic (exact) mass is 551 g/mol. The van der Waals surface area contributed by atoms with Crippen LogP contribution in [-0.2, 0) is 9.84 Å². The van der Waals surface area contributed by atoms with Crippen LogP contribution in [-0.4, -0.2) is 65.3 Å². The summed E-state index contributed by atoms with van der Waals surface area (Å²) in [5.74, 6) is 1.67. The van der Waals surface area contributed by atoms with Crippen LogP contribution in [0.15, 0.2) is 35.4 Å². The summed E-state index contributed by atoms with van der Waals surface area (Å²) >= 11 is 0. The first-order chi connectivity index (χ1) is 18.6. The highest BCUT2D eigenvalue weighted by molar-refractivity contribution is 7.90. The van der Waals surface area contributed by atoms with Gasteiger partial charge in [-0.15, -0.1) is 0 Å². The topological polar surface area (TPSA) is 114 Å². The van der Waals surface area contributed by atoms with Crippen molar-refractivity contribution in [2.45, 2.75) is 64.3 Å². The van der Waals surface area contributed by atoms with Crippen molar-refractivity contribution < 1.29 is 13.2 Å². The van der Waals surface area contributed by atoms with E-state index >= 15 is 0 Å². The van der Waals surface area contributed by atoms with Gasteiger partial charge in [-0.1, -0.05) is 18.9 Å². The lowest BCUT2D eigenvalue weighted by Gasteiger charge is -2.31. The van der Waals surface area contributed by atoms with E-state index in [4.69, 9.17) is 0 Å². The lowest BCUT2D eigenvalue weighted by molar-refractivity contribution is 0.101. The Balaban J connectivity index is 1.34. The summed E-state index contributed by atoms with van der Waals surface area (Å²) in [7, 11) is -2.94. The fourth-order valence-electron chi connectivity index (χ4n) is 6.10. The number of likely N-dealkylation sites (tertiary alicyclic amines) is 1. The molecule has 5 rings (SSSR count). The van der Waals surface area contributed by atoms with Gasteiger partial charge in [0.05, 0.1) is 16.8 Å². The van der Waals surface area contributed by atoms with E-state index in [1.165, 1.54) is 18.7 Å². The summed E-state index contributed by atoms with van der Waals surface area (Å²) in [6, 6.07) is 6.02.